The molecule has 1 aromatic heterocycles. The molecular weight excluding hydrogens is 282 g/mol. The molecule has 1 amide bonds. The minimum absolute atomic E-state index is 0.205. The Balaban J connectivity index is 1.94. The van der Waals surface area contributed by atoms with E-state index in [1.54, 1.807) is 29.7 Å². The first kappa shape index (κ1) is 15.3. The Morgan fingerprint density at radius 3 is 2.52 bits per heavy atom. The van der Waals surface area contributed by atoms with Crippen molar-refractivity contribution in [1.29, 1.82) is 0 Å². The van der Waals surface area contributed by atoms with Crippen LogP contribution in [0.15, 0.2) is 41.5 Å². The van der Waals surface area contributed by atoms with Crippen LogP contribution in [-0.4, -0.2) is 26.2 Å². The lowest BCUT2D eigenvalue weighted by molar-refractivity contribution is 0.0955. The number of aryl methyl sites for hydroxylation is 1. The number of hydrogen-bond donors (Lipinski definition) is 1. The predicted molar refractivity (Wildman–Crippen MR) is 89.5 cm³/mol. The number of amides is 1. The van der Waals surface area contributed by atoms with Crippen LogP contribution in [0.3, 0.4) is 0 Å². The summed E-state index contributed by atoms with van der Waals surface area (Å²) in [4.78, 5) is 16.3. The van der Waals surface area contributed by atoms with Crippen LogP contribution in [0, 0.1) is 0 Å². The monoisotopic (exact) mass is 301 g/mol. The SMILES string of the molecule is CCc1ccc(/C=N/NC(=O)c2ccc(N(C)C)cc2)s1. The maximum absolute atomic E-state index is 11.9. The van der Waals surface area contributed by atoms with Gasteiger partial charge in [0.2, 0.25) is 0 Å². The van der Waals surface area contributed by atoms with Crippen LogP contribution in [0.25, 0.3) is 0 Å². The molecule has 0 aliphatic heterocycles. The molecule has 2 rings (SSSR count). The Labute approximate surface area is 129 Å². The van der Waals surface area contributed by atoms with Gasteiger partial charge in [-0.05, 0) is 42.8 Å². The van der Waals surface area contributed by atoms with E-state index in [1.807, 2.05) is 37.2 Å². The predicted octanol–water partition coefficient (Wildman–Crippen LogP) is 3.14. The molecule has 0 spiro atoms. The van der Waals surface area contributed by atoms with Gasteiger partial charge in [0, 0.05) is 35.1 Å². The molecule has 0 fully saturated rings. The van der Waals surface area contributed by atoms with Crippen LogP contribution >= 0.6 is 11.3 Å². The molecule has 0 aliphatic carbocycles. The van der Waals surface area contributed by atoms with Gasteiger partial charge in [-0.25, -0.2) is 5.43 Å². The number of hydrogen-bond acceptors (Lipinski definition) is 4. The fourth-order valence-corrected chi connectivity index (χ4v) is 2.61. The number of anilines is 1. The lowest BCUT2D eigenvalue weighted by Gasteiger charge is -2.12. The highest BCUT2D eigenvalue weighted by molar-refractivity contribution is 7.13. The molecule has 0 saturated carbocycles. The van der Waals surface area contributed by atoms with Gasteiger partial charge in [-0.15, -0.1) is 11.3 Å². The van der Waals surface area contributed by atoms with Crippen molar-refractivity contribution in [2.75, 3.05) is 19.0 Å². The smallest absolute Gasteiger partial charge is 0.271 e. The van der Waals surface area contributed by atoms with Crippen LogP contribution in [0.5, 0.6) is 0 Å². The van der Waals surface area contributed by atoms with E-state index in [0.29, 0.717) is 5.56 Å². The molecular formula is C16H19N3OS. The molecule has 4 nitrogen and oxygen atoms in total. The molecule has 0 saturated heterocycles. The molecule has 1 heterocycles. The zero-order valence-corrected chi connectivity index (χ0v) is 13.3. The Morgan fingerprint density at radius 2 is 1.95 bits per heavy atom. The minimum atomic E-state index is -0.205. The third-order valence-electron chi connectivity index (χ3n) is 3.03. The summed E-state index contributed by atoms with van der Waals surface area (Å²) in [5.41, 5.74) is 4.20. The zero-order valence-electron chi connectivity index (χ0n) is 12.5. The van der Waals surface area contributed by atoms with Gasteiger partial charge in [0.1, 0.15) is 0 Å². The molecule has 0 bridgehead atoms. The maximum Gasteiger partial charge on any atom is 0.271 e. The molecule has 0 radical (unpaired) electrons. The standard InChI is InChI=1S/C16H19N3OS/c1-4-14-9-10-15(21-14)11-17-18-16(20)12-5-7-13(8-6-12)19(2)3/h5-11H,4H2,1-3H3,(H,18,20)/b17-11+. The molecule has 0 aliphatic rings. The van der Waals surface area contributed by atoms with Crippen molar-refractivity contribution in [2.24, 2.45) is 5.10 Å². The molecule has 1 N–H and O–H groups in total. The van der Waals surface area contributed by atoms with Gasteiger partial charge in [0.15, 0.2) is 0 Å². The van der Waals surface area contributed by atoms with Crippen molar-refractivity contribution in [3.8, 4) is 0 Å². The summed E-state index contributed by atoms with van der Waals surface area (Å²) < 4.78 is 0. The van der Waals surface area contributed by atoms with Gasteiger partial charge in [-0.2, -0.15) is 5.10 Å². The fraction of sp³-hybridized carbons (Fsp3) is 0.250. The Hall–Kier alpha value is -2.14. The topological polar surface area (TPSA) is 44.7 Å². The lowest BCUT2D eigenvalue weighted by atomic mass is 10.2. The first-order chi connectivity index (χ1) is 10.1. The Kier molecular flexibility index (Phi) is 5.11. The van der Waals surface area contributed by atoms with Gasteiger partial charge >= 0.3 is 0 Å². The number of benzene rings is 1. The summed E-state index contributed by atoms with van der Waals surface area (Å²) in [6, 6.07) is 11.5. The van der Waals surface area contributed by atoms with Crippen molar-refractivity contribution in [3.05, 3.63) is 51.7 Å². The normalized spacial score (nSPS) is 10.8. The van der Waals surface area contributed by atoms with E-state index in [4.69, 9.17) is 0 Å². The van der Waals surface area contributed by atoms with Crippen molar-refractivity contribution >= 4 is 29.1 Å². The van der Waals surface area contributed by atoms with E-state index in [9.17, 15) is 4.79 Å². The van der Waals surface area contributed by atoms with E-state index in [2.05, 4.69) is 23.5 Å². The molecule has 5 heteroatoms. The number of hydrazone groups is 1. The highest BCUT2D eigenvalue weighted by Crippen LogP contribution is 2.15. The van der Waals surface area contributed by atoms with Gasteiger partial charge in [0.05, 0.1) is 6.21 Å². The Bertz CT molecular complexity index is 629. The van der Waals surface area contributed by atoms with Crippen LogP contribution in [0.1, 0.15) is 27.0 Å². The molecule has 2 aromatic rings. The third-order valence-corrected chi connectivity index (χ3v) is 4.20. The Morgan fingerprint density at radius 1 is 1.24 bits per heavy atom. The van der Waals surface area contributed by atoms with E-state index in [-0.39, 0.29) is 5.91 Å². The van der Waals surface area contributed by atoms with Crippen molar-refractivity contribution in [2.45, 2.75) is 13.3 Å². The number of nitrogens with zero attached hydrogens (tertiary/aromatic N) is 2. The zero-order chi connectivity index (χ0) is 15.2. The average Bonchev–Trinajstić information content (AvgIpc) is 2.95. The summed E-state index contributed by atoms with van der Waals surface area (Å²) in [5, 5.41) is 4.00. The average molecular weight is 301 g/mol. The van der Waals surface area contributed by atoms with Crippen molar-refractivity contribution in [3.63, 3.8) is 0 Å². The van der Waals surface area contributed by atoms with Gasteiger partial charge in [0.25, 0.3) is 5.91 Å². The second-order valence-electron chi connectivity index (χ2n) is 4.80. The van der Waals surface area contributed by atoms with Crippen LogP contribution < -0.4 is 10.3 Å². The first-order valence-corrected chi connectivity index (χ1v) is 7.61. The van der Waals surface area contributed by atoms with E-state index < -0.39 is 0 Å². The first-order valence-electron chi connectivity index (χ1n) is 6.79. The number of rotatable bonds is 5. The summed E-state index contributed by atoms with van der Waals surface area (Å²) >= 11 is 1.68. The second kappa shape index (κ2) is 7.04. The maximum atomic E-state index is 11.9. The fourth-order valence-electron chi connectivity index (χ4n) is 1.78. The number of thiophene rings is 1. The van der Waals surface area contributed by atoms with Crippen molar-refractivity contribution < 1.29 is 4.79 Å². The van der Waals surface area contributed by atoms with Crippen LogP contribution in [-0.2, 0) is 6.42 Å². The third kappa shape index (κ3) is 4.16. The highest BCUT2D eigenvalue weighted by atomic mass is 32.1. The number of carbonyl (C=O) groups excluding carboxylic acids is 1. The van der Waals surface area contributed by atoms with E-state index >= 15 is 0 Å². The van der Waals surface area contributed by atoms with Crippen LogP contribution in [0.4, 0.5) is 5.69 Å². The van der Waals surface area contributed by atoms with Crippen molar-refractivity contribution in [1.82, 2.24) is 5.43 Å². The molecule has 110 valence electrons. The largest absolute Gasteiger partial charge is 0.378 e. The summed E-state index contributed by atoms with van der Waals surface area (Å²) in [6.07, 6.45) is 2.69. The second-order valence-corrected chi connectivity index (χ2v) is 6.00. The number of carbonyl (C=O) groups is 1. The summed E-state index contributed by atoms with van der Waals surface area (Å²) in [6.45, 7) is 2.12. The minimum Gasteiger partial charge on any atom is -0.378 e. The molecule has 0 atom stereocenters. The van der Waals surface area contributed by atoms with Crippen LogP contribution in [0.2, 0.25) is 0 Å². The van der Waals surface area contributed by atoms with Gasteiger partial charge < -0.3 is 4.90 Å². The molecule has 21 heavy (non-hydrogen) atoms. The van der Waals surface area contributed by atoms with E-state index in [1.165, 1.54) is 4.88 Å². The molecule has 1 aromatic carbocycles. The van der Waals surface area contributed by atoms with Gasteiger partial charge in [-0.3, -0.25) is 4.79 Å². The van der Waals surface area contributed by atoms with Gasteiger partial charge in [-0.1, -0.05) is 6.92 Å². The molecule has 0 unspecified atom stereocenters. The lowest BCUT2D eigenvalue weighted by Crippen LogP contribution is -2.17. The number of nitrogens with one attached hydrogen (secondary N) is 1. The summed E-state index contributed by atoms with van der Waals surface area (Å²) in [5.74, 6) is -0.205. The van der Waals surface area contributed by atoms with E-state index in [0.717, 1.165) is 17.0 Å². The highest BCUT2D eigenvalue weighted by Gasteiger charge is 2.04. The quantitative estimate of drug-likeness (QED) is 0.681. The summed E-state index contributed by atoms with van der Waals surface area (Å²) in [7, 11) is 3.93.